The van der Waals surface area contributed by atoms with E-state index in [9.17, 15) is 18.3 Å². The average molecular weight is 275 g/mol. The van der Waals surface area contributed by atoms with E-state index in [-0.39, 0.29) is 12.4 Å². The molecule has 0 unspecified atom stereocenters. The fourth-order valence-electron chi connectivity index (χ4n) is 2.22. The number of nitrogens with zero attached hydrogens (tertiary/aromatic N) is 2. The monoisotopic (exact) mass is 275 g/mol. The molecule has 0 radical (unpaired) electrons. The van der Waals surface area contributed by atoms with Gasteiger partial charge in [0.25, 0.3) is 0 Å². The van der Waals surface area contributed by atoms with Crippen LogP contribution in [0.1, 0.15) is 37.8 Å². The molecule has 106 valence electrons. The maximum atomic E-state index is 12.3. The largest absolute Gasteiger partial charge is 0.435 e. The van der Waals surface area contributed by atoms with Crippen LogP contribution in [0.5, 0.6) is 0 Å². The molecule has 0 amide bonds. The average Bonchev–Trinajstić information content (AvgIpc) is 2.37. The summed E-state index contributed by atoms with van der Waals surface area (Å²) in [5, 5.41) is 19.7. The van der Waals surface area contributed by atoms with Crippen molar-refractivity contribution in [2.45, 2.75) is 43.9 Å². The van der Waals surface area contributed by atoms with Crippen molar-refractivity contribution in [3.05, 3.63) is 17.8 Å². The lowest BCUT2D eigenvalue weighted by molar-refractivity contribution is -0.141. The molecule has 19 heavy (non-hydrogen) atoms. The maximum Gasteiger partial charge on any atom is 0.435 e. The van der Waals surface area contributed by atoms with Gasteiger partial charge in [0, 0.05) is 6.54 Å². The number of rotatable bonds is 3. The molecule has 1 aromatic heterocycles. The molecule has 4 nitrogen and oxygen atoms in total. The first-order valence-electron chi connectivity index (χ1n) is 6.26. The van der Waals surface area contributed by atoms with Crippen LogP contribution in [0.25, 0.3) is 0 Å². The smallest absolute Gasteiger partial charge is 0.388 e. The van der Waals surface area contributed by atoms with E-state index in [1.165, 1.54) is 6.07 Å². The van der Waals surface area contributed by atoms with Crippen LogP contribution in [0.4, 0.5) is 19.0 Å². The molecule has 0 aromatic carbocycles. The number of anilines is 1. The first-order valence-corrected chi connectivity index (χ1v) is 6.26. The van der Waals surface area contributed by atoms with Gasteiger partial charge in [0.15, 0.2) is 5.69 Å². The number of halogens is 3. The number of hydrogen-bond donors (Lipinski definition) is 2. The van der Waals surface area contributed by atoms with Gasteiger partial charge in [-0.2, -0.15) is 13.2 Å². The van der Waals surface area contributed by atoms with E-state index in [2.05, 4.69) is 15.5 Å². The number of nitrogens with one attached hydrogen (secondary N) is 1. The number of aromatic nitrogens is 2. The van der Waals surface area contributed by atoms with Crippen LogP contribution in [0, 0.1) is 0 Å². The van der Waals surface area contributed by atoms with E-state index in [4.69, 9.17) is 0 Å². The van der Waals surface area contributed by atoms with Crippen molar-refractivity contribution in [1.82, 2.24) is 10.2 Å². The third kappa shape index (κ3) is 3.79. The standard InChI is InChI=1S/C12H16F3N3O/c13-12(14,15)9-4-5-10(18-17-9)16-8-11(19)6-2-1-3-7-11/h4-5,19H,1-3,6-8H2,(H,16,18). The Bertz CT molecular complexity index is 413. The first-order chi connectivity index (χ1) is 8.89. The Hall–Kier alpha value is -1.37. The molecule has 1 aromatic rings. The van der Waals surface area contributed by atoms with Crippen molar-refractivity contribution in [3.8, 4) is 0 Å². The van der Waals surface area contributed by atoms with Crippen LogP contribution in [0.3, 0.4) is 0 Å². The van der Waals surface area contributed by atoms with Crippen molar-refractivity contribution in [1.29, 1.82) is 0 Å². The summed E-state index contributed by atoms with van der Waals surface area (Å²) >= 11 is 0. The third-order valence-electron chi connectivity index (χ3n) is 3.34. The maximum absolute atomic E-state index is 12.3. The number of aliphatic hydroxyl groups is 1. The molecule has 0 bridgehead atoms. The van der Waals surface area contributed by atoms with Crippen LogP contribution in [-0.4, -0.2) is 27.4 Å². The zero-order valence-corrected chi connectivity index (χ0v) is 10.4. The highest BCUT2D eigenvalue weighted by molar-refractivity contribution is 5.33. The van der Waals surface area contributed by atoms with Crippen LogP contribution in [-0.2, 0) is 6.18 Å². The Morgan fingerprint density at radius 2 is 1.84 bits per heavy atom. The Balaban J connectivity index is 1.93. The van der Waals surface area contributed by atoms with E-state index in [0.29, 0.717) is 12.8 Å². The van der Waals surface area contributed by atoms with Crippen LogP contribution in [0.15, 0.2) is 12.1 Å². The van der Waals surface area contributed by atoms with E-state index in [0.717, 1.165) is 25.3 Å². The molecule has 0 atom stereocenters. The van der Waals surface area contributed by atoms with Crippen LogP contribution < -0.4 is 5.32 Å². The summed E-state index contributed by atoms with van der Waals surface area (Å²) in [6, 6.07) is 2.10. The fraction of sp³-hybridized carbons (Fsp3) is 0.667. The lowest BCUT2D eigenvalue weighted by Gasteiger charge is -2.32. The molecule has 2 rings (SSSR count). The minimum atomic E-state index is -4.48. The highest BCUT2D eigenvalue weighted by atomic mass is 19.4. The van der Waals surface area contributed by atoms with E-state index in [1.807, 2.05) is 0 Å². The van der Waals surface area contributed by atoms with Gasteiger partial charge in [0.05, 0.1) is 5.60 Å². The zero-order valence-electron chi connectivity index (χ0n) is 10.4. The normalized spacial score (nSPS) is 19.2. The van der Waals surface area contributed by atoms with E-state index < -0.39 is 17.5 Å². The SMILES string of the molecule is OC1(CNc2ccc(C(F)(F)F)nn2)CCCCC1. The molecular weight excluding hydrogens is 259 g/mol. The third-order valence-corrected chi connectivity index (χ3v) is 3.34. The lowest BCUT2D eigenvalue weighted by atomic mass is 9.85. The second-order valence-corrected chi connectivity index (χ2v) is 4.94. The first kappa shape index (κ1) is 14.0. The second-order valence-electron chi connectivity index (χ2n) is 4.94. The molecule has 2 N–H and O–H groups in total. The summed E-state index contributed by atoms with van der Waals surface area (Å²) in [6.45, 7) is 0.285. The summed E-state index contributed by atoms with van der Waals surface area (Å²) in [4.78, 5) is 0. The Morgan fingerprint density at radius 3 is 2.37 bits per heavy atom. The van der Waals surface area contributed by atoms with Gasteiger partial charge in [-0.15, -0.1) is 10.2 Å². The predicted molar refractivity (Wildman–Crippen MR) is 63.6 cm³/mol. The van der Waals surface area contributed by atoms with Gasteiger partial charge in [0.2, 0.25) is 0 Å². The lowest BCUT2D eigenvalue weighted by Crippen LogP contribution is -2.39. The Labute approximate surface area is 109 Å². The highest BCUT2D eigenvalue weighted by Gasteiger charge is 2.33. The predicted octanol–water partition coefficient (Wildman–Crippen LogP) is 2.60. The Morgan fingerprint density at radius 1 is 1.16 bits per heavy atom. The van der Waals surface area contributed by atoms with Gasteiger partial charge in [-0.05, 0) is 25.0 Å². The molecule has 0 aliphatic heterocycles. The summed E-state index contributed by atoms with van der Waals surface area (Å²) in [6.07, 6.45) is -0.0225. The van der Waals surface area contributed by atoms with Crippen molar-refractivity contribution < 1.29 is 18.3 Å². The molecule has 1 saturated carbocycles. The van der Waals surface area contributed by atoms with Crippen LogP contribution in [0.2, 0.25) is 0 Å². The molecule has 7 heteroatoms. The molecule has 0 spiro atoms. The number of hydrogen-bond acceptors (Lipinski definition) is 4. The molecule has 1 heterocycles. The molecule has 1 fully saturated rings. The van der Waals surface area contributed by atoms with Gasteiger partial charge >= 0.3 is 6.18 Å². The minimum absolute atomic E-state index is 0.243. The topological polar surface area (TPSA) is 58.0 Å². The van der Waals surface area contributed by atoms with Crippen molar-refractivity contribution in [3.63, 3.8) is 0 Å². The van der Waals surface area contributed by atoms with E-state index in [1.54, 1.807) is 0 Å². The quantitative estimate of drug-likeness (QED) is 0.890. The zero-order chi connectivity index (χ0) is 13.9. The van der Waals surface area contributed by atoms with Gasteiger partial charge in [0.1, 0.15) is 5.82 Å². The molecule has 1 aliphatic rings. The molecular formula is C12H16F3N3O. The summed E-state index contributed by atoms with van der Waals surface area (Å²) in [5.74, 6) is 0.243. The van der Waals surface area contributed by atoms with Gasteiger partial charge in [-0.25, -0.2) is 0 Å². The Kier molecular flexibility index (Phi) is 3.93. The number of alkyl halides is 3. The summed E-state index contributed by atoms with van der Waals surface area (Å²) in [5.41, 5.74) is -1.81. The van der Waals surface area contributed by atoms with Crippen LogP contribution >= 0.6 is 0 Å². The summed E-state index contributed by atoms with van der Waals surface area (Å²) in [7, 11) is 0. The van der Waals surface area contributed by atoms with Gasteiger partial charge in [-0.1, -0.05) is 19.3 Å². The van der Waals surface area contributed by atoms with E-state index >= 15 is 0 Å². The van der Waals surface area contributed by atoms with Crippen molar-refractivity contribution in [2.75, 3.05) is 11.9 Å². The van der Waals surface area contributed by atoms with Gasteiger partial charge in [-0.3, -0.25) is 0 Å². The highest BCUT2D eigenvalue weighted by Crippen LogP contribution is 2.29. The molecule has 0 saturated heterocycles. The van der Waals surface area contributed by atoms with Gasteiger partial charge < -0.3 is 10.4 Å². The molecule has 1 aliphatic carbocycles. The van der Waals surface area contributed by atoms with Crippen molar-refractivity contribution in [2.24, 2.45) is 0 Å². The fourth-order valence-corrected chi connectivity index (χ4v) is 2.22. The van der Waals surface area contributed by atoms with Crippen molar-refractivity contribution >= 4 is 5.82 Å². The second kappa shape index (κ2) is 5.32. The minimum Gasteiger partial charge on any atom is -0.388 e. The summed E-state index contributed by atoms with van der Waals surface area (Å²) < 4.78 is 36.9.